The first-order chi connectivity index (χ1) is 9.01. The van der Waals surface area contributed by atoms with Gasteiger partial charge in [-0.3, -0.25) is 0 Å². The highest BCUT2D eigenvalue weighted by Crippen LogP contribution is 2.26. The Hall–Kier alpha value is -2.21. The van der Waals surface area contributed by atoms with Gasteiger partial charge >= 0.3 is 0 Å². The topological polar surface area (TPSA) is 60.2 Å². The zero-order valence-corrected chi connectivity index (χ0v) is 10.5. The molecule has 0 aliphatic rings. The van der Waals surface area contributed by atoms with Crippen molar-refractivity contribution in [2.24, 2.45) is 5.84 Å². The Labute approximate surface area is 109 Å². The van der Waals surface area contributed by atoms with Crippen molar-refractivity contribution in [1.82, 2.24) is 4.98 Å². The Morgan fingerprint density at radius 1 is 1.11 bits per heavy atom. The van der Waals surface area contributed by atoms with Crippen molar-refractivity contribution in [2.75, 3.05) is 5.43 Å². The Bertz CT molecular complexity index is 617. The number of pyridine rings is 1. The highest BCUT2D eigenvalue weighted by atomic mass is 19.1. The van der Waals surface area contributed by atoms with E-state index in [0.717, 1.165) is 11.1 Å². The van der Waals surface area contributed by atoms with E-state index in [9.17, 15) is 8.78 Å². The second-order valence-electron chi connectivity index (χ2n) is 4.10. The van der Waals surface area contributed by atoms with E-state index in [0.29, 0.717) is 11.8 Å². The fraction of sp³-hybridized carbons (Fsp3) is 0.154. The van der Waals surface area contributed by atoms with Crippen molar-refractivity contribution < 1.29 is 13.5 Å². The first-order valence-corrected chi connectivity index (χ1v) is 5.59. The van der Waals surface area contributed by atoms with Crippen LogP contribution in [0.2, 0.25) is 0 Å². The minimum absolute atomic E-state index is 0.278. The maximum Gasteiger partial charge on any atom is 0.258 e. The average molecular weight is 265 g/mol. The maximum atomic E-state index is 13.5. The van der Waals surface area contributed by atoms with Gasteiger partial charge in [0.1, 0.15) is 5.75 Å². The summed E-state index contributed by atoms with van der Waals surface area (Å²) in [6.07, 6.45) is 0. The van der Waals surface area contributed by atoms with E-state index in [1.807, 2.05) is 25.3 Å². The lowest BCUT2D eigenvalue weighted by atomic mass is 10.1. The summed E-state index contributed by atoms with van der Waals surface area (Å²) in [5.74, 6) is 3.11. The van der Waals surface area contributed by atoms with Crippen LogP contribution < -0.4 is 16.0 Å². The van der Waals surface area contributed by atoms with Gasteiger partial charge in [0.25, 0.3) is 5.88 Å². The lowest BCUT2D eigenvalue weighted by Crippen LogP contribution is -2.11. The number of nitrogens with zero attached hydrogens (tertiary/aromatic N) is 1. The van der Waals surface area contributed by atoms with Crippen molar-refractivity contribution >= 4 is 5.82 Å². The number of aromatic nitrogens is 1. The summed E-state index contributed by atoms with van der Waals surface area (Å²) >= 11 is 0. The summed E-state index contributed by atoms with van der Waals surface area (Å²) in [5, 5.41) is 0. The largest absolute Gasteiger partial charge is 0.436 e. The number of nitrogen functional groups attached to an aromatic ring is 1. The Morgan fingerprint density at radius 3 is 2.47 bits per heavy atom. The van der Waals surface area contributed by atoms with E-state index < -0.39 is 11.6 Å². The van der Waals surface area contributed by atoms with Crippen molar-refractivity contribution in [3.63, 3.8) is 0 Å². The molecule has 100 valence electrons. The van der Waals surface area contributed by atoms with Crippen LogP contribution in [0.15, 0.2) is 24.3 Å². The van der Waals surface area contributed by atoms with E-state index in [-0.39, 0.29) is 11.7 Å². The number of hydrogen-bond donors (Lipinski definition) is 2. The van der Waals surface area contributed by atoms with Crippen molar-refractivity contribution in [2.45, 2.75) is 13.8 Å². The summed E-state index contributed by atoms with van der Waals surface area (Å²) in [6, 6.07) is 5.93. The molecule has 2 aromatic rings. The molecule has 0 unspecified atom stereocenters. The number of benzene rings is 1. The van der Waals surface area contributed by atoms with Crippen molar-refractivity contribution in [3.05, 3.63) is 47.0 Å². The summed E-state index contributed by atoms with van der Waals surface area (Å²) in [6.45, 7) is 3.86. The second kappa shape index (κ2) is 5.19. The number of nitrogens with one attached hydrogen (secondary N) is 1. The van der Waals surface area contributed by atoms with E-state index in [4.69, 9.17) is 10.6 Å². The fourth-order valence-electron chi connectivity index (χ4n) is 1.51. The van der Waals surface area contributed by atoms with Gasteiger partial charge in [-0.05, 0) is 37.1 Å². The van der Waals surface area contributed by atoms with E-state index in [2.05, 4.69) is 4.98 Å². The minimum atomic E-state index is -0.894. The van der Waals surface area contributed by atoms with Gasteiger partial charge in [0.15, 0.2) is 17.5 Å². The number of ether oxygens (including phenoxy) is 1. The monoisotopic (exact) mass is 265 g/mol. The molecule has 0 amide bonds. The number of hydrogen-bond acceptors (Lipinski definition) is 4. The third-order valence-corrected chi connectivity index (χ3v) is 2.73. The Morgan fingerprint density at radius 2 is 1.84 bits per heavy atom. The fourth-order valence-corrected chi connectivity index (χ4v) is 1.51. The highest BCUT2D eigenvalue weighted by molar-refractivity contribution is 5.41. The smallest absolute Gasteiger partial charge is 0.258 e. The predicted molar refractivity (Wildman–Crippen MR) is 68.0 cm³/mol. The molecule has 0 saturated carbocycles. The van der Waals surface area contributed by atoms with Crippen LogP contribution in [0, 0.1) is 25.5 Å². The summed E-state index contributed by atoms with van der Waals surface area (Å²) < 4.78 is 32.0. The normalized spacial score (nSPS) is 10.4. The number of halogens is 2. The lowest BCUT2D eigenvalue weighted by Gasteiger charge is -2.09. The molecule has 6 heteroatoms. The third kappa shape index (κ3) is 2.79. The minimum Gasteiger partial charge on any atom is -0.436 e. The van der Waals surface area contributed by atoms with Gasteiger partial charge in [-0.1, -0.05) is 6.07 Å². The maximum absolute atomic E-state index is 13.5. The average Bonchev–Trinajstić information content (AvgIpc) is 2.37. The molecular weight excluding hydrogens is 252 g/mol. The van der Waals surface area contributed by atoms with Crippen LogP contribution in [0.3, 0.4) is 0 Å². The van der Waals surface area contributed by atoms with Gasteiger partial charge in [-0.25, -0.2) is 14.6 Å². The molecule has 4 nitrogen and oxygen atoms in total. The van der Waals surface area contributed by atoms with Crippen molar-refractivity contribution in [3.8, 4) is 11.6 Å². The molecule has 1 aromatic carbocycles. The number of rotatable bonds is 3. The summed E-state index contributed by atoms with van der Waals surface area (Å²) in [5.41, 5.74) is 4.12. The van der Waals surface area contributed by atoms with E-state index in [1.54, 1.807) is 12.1 Å². The first kappa shape index (κ1) is 13.2. The standard InChI is InChI=1S/C13H13F2N3O/c1-7-3-4-9(5-8(7)2)19-13-11(15)6-10(14)12(17-13)18-16/h3-6H,16H2,1-2H3,(H,17,18). The van der Waals surface area contributed by atoms with Gasteiger partial charge in [-0.2, -0.15) is 4.98 Å². The molecule has 0 radical (unpaired) electrons. The van der Waals surface area contributed by atoms with Crippen LogP contribution in [0.1, 0.15) is 11.1 Å². The highest BCUT2D eigenvalue weighted by Gasteiger charge is 2.13. The number of nitrogens with two attached hydrogens (primary N) is 1. The van der Waals surface area contributed by atoms with Crippen LogP contribution in [-0.4, -0.2) is 4.98 Å². The van der Waals surface area contributed by atoms with Gasteiger partial charge < -0.3 is 10.2 Å². The van der Waals surface area contributed by atoms with Crippen molar-refractivity contribution in [1.29, 1.82) is 0 Å². The molecular formula is C13H13F2N3O. The lowest BCUT2D eigenvalue weighted by molar-refractivity contribution is 0.417. The molecule has 1 aromatic heterocycles. The molecule has 3 N–H and O–H groups in total. The molecule has 19 heavy (non-hydrogen) atoms. The van der Waals surface area contributed by atoms with Crippen LogP contribution in [-0.2, 0) is 0 Å². The number of anilines is 1. The number of hydrazine groups is 1. The van der Waals surface area contributed by atoms with Gasteiger partial charge in [0.05, 0.1) is 0 Å². The van der Waals surface area contributed by atoms with E-state index >= 15 is 0 Å². The molecule has 2 rings (SSSR count). The second-order valence-corrected chi connectivity index (χ2v) is 4.10. The molecule has 0 bridgehead atoms. The summed E-state index contributed by atoms with van der Waals surface area (Å²) in [4.78, 5) is 3.63. The van der Waals surface area contributed by atoms with Crippen LogP contribution in [0.5, 0.6) is 11.6 Å². The molecule has 0 fully saturated rings. The quantitative estimate of drug-likeness (QED) is 0.661. The molecule has 0 saturated heterocycles. The molecule has 1 heterocycles. The molecule has 0 atom stereocenters. The third-order valence-electron chi connectivity index (χ3n) is 2.73. The first-order valence-electron chi connectivity index (χ1n) is 5.59. The number of aryl methyl sites for hydroxylation is 2. The molecule has 0 aliphatic heterocycles. The van der Waals surface area contributed by atoms with Gasteiger partial charge in [0.2, 0.25) is 0 Å². The van der Waals surface area contributed by atoms with Gasteiger partial charge in [0, 0.05) is 6.07 Å². The zero-order valence-electron chi connectivity index (χ0n) is 10.5. The Kier molecular flexibility index (Phi) is 3.62. The van der Waals surface area contributed by atoms with E-state index in [1.165, 1.54) is 0 Å². The van der Waals surface area contributed by atoms with Crippen LogP contribution in [0.4, 0.5) is 14.6 Å². The van der Waals surface area contributed by atoms with Crippen LogP contribution in [0.25, 0.3) is 0 Å². The predicted octanol–water partition coefficient (Wildman–Crippen LogP) is 3.05. The molecule has 0 spiro atoms. The molecule has 0 aliphatic carbocycles. The Balaban J connectivity index is 2.34. The summed E-state index contributed by atoms with van der Waals surface area (Å²) in [7, 11) is 0. The van der Waals surface area contributed by atoms with Crippen LogP contribution >= 0.6 is 0 Å². The van der Waals surface area contributed by atoms with Gasteiger partial charge in [-0.15, -0.1) is 0 Å². The SMILES string of the molecule is Cc1ccc(Oc2nc(NN)c(F)cc2F)cc1C. The zero-order chi connectivity index (χ0) is 14.0.